The lowest BCUT2D eigenvalue weighted by Crippen LogP contribution is -2.34. The van der Waals surface area contributed by atoms with E-state index in [1.807, 2.05) is 0 Å². The maximum absolute atomic E-state index is 13.3. The van der Waals surface area contributed by atoms with E-state index < -0.39 is 0 Å². The molecule has 1 aromatic rings. The van der Waals surface area contributed by atoms with Crippen LogP contribution in [0.1, 0.15) is 37.7 Å². The Morgan fingerprint density at radius 1 is 1.50 bits per heavy atom. The molecule has 1 aliphatic rings. The van der Waals surface area contributed by atoms with E-state index in [2.05, 4.69) is 26.6 Å². The zero-order chi connectivity index (χ0) is 14.5. The quantitative estimate of drug-likeness (QED) is 0.874. The van der Waals surface area contributed by atoms with Crippen molar-refractivity contribution in [1.29, 1.82) is 0 Å². The van der Waals surface area contributed by atoms with E-state index in [4.69, 9.17) is 0 Å². The molecule has 3 nitrogen and oxygen atoms in total. The number of anilines is 1. The van der Waals surface area contributed by atoms with Gasteiger partial charge in [-0.25, -0.2) is 4.39 Å². The number of halogens is 2. The number of hydrogen-bond acceptors (Lipinski definition) is 2. The molecule has 0 saturated carbocycles. The van der Waals surface area contributed by atoms with Crippen LogP contribution in [0.5, 0.6) is 0 Å². The lowest BCUT2D eigenvalue weighted by atomic mass is 10.0. The summed E-state index contributed by atoms with van der Waals surface area (Å²) in [6.07, 6.45) is 4.96. The Bertz CT molecular complexity index is 487. The molecule has 1 fully saturated rings. The third kappa shape index (κ3) is 4.28. The van der Waals surface area contributed by atoms with Gasteiger partial charge in [0.15, 0.2) is 0 Å². The van der Waals surface area contributed by atoms with Crippen LogP contribution in [0.25, 0.3) is 0 Å². The number of carbonyl (C=O) groups excluding carboxylic acids is 1. The van der Waals surface area contributed by atoms with Crippen molar-refractivity contribution in [1.82, 2.24) is 5.32 Å². The van der Waals surface area contributed by atoms with Crippen molar-refractivity contribution >= 4 is 27.5 Å². The standard InChI is InChI=1S/C15H20BrFN2O/c1-10-8-13(17)12(16)9-14(10)19-15(20)6-5-11-4-2-3-7-18-11/h8-9,11,18H,2-7H2,1H3,(H,19,20). The van der Waals surface area contributed by atoms with Crippen LogP contribution in [0.4, 0.5) is 10.1 Å². The molecule has 2 rings (SSSR count). The monoisotopic (exact) mass is 342 g/mol. The largest absolute Gasteiger partial charge is 0.326 e. The number of amides is 1. The Hall–Kier alpha value is -0.940. The molecule has 1 aliphatic heterocycles. The summed E-state index contributed by atoms with van der Waals surface area (Å²) >= 11 is 3.14. The van der Waals surface area contributed by atoms with Crippen LogP contribution in [0.3, 0.4) is 0 Å². The van der Waals surface area contributed by atoms with E-state index in [1.165, 1.54) is 18.9 Å². The predicted octanol–water partition coefficient (Wildman–Crippen LogP) is 3.76. The average Bonchev–Trinajstić information content (AvgIpc) is 2.44. The summed E-state index contributed by atoms with van der Waals surface area (Å²) in [6, 6.07) is 3.49. The van der Waals surface area contributed by atoms with Gasteiger partial charge in [0.1, 0.15) is 5.82 Å². The molecule has 0 bridgehead atoms. The first-order valence-electron chi connectivity index (χ1n) is 7.05. The summed E-state index contributed by atoms with van der Waals surface area (Å²) in [6.45, 7) is 2.84. The highest BCUT2D eigenvalue weighted by Gasteiger charge is 2.14. The lowest BCUT2D eigenvalue weighted by Gasteiger charge is -2.23. The lowest BCUT2D eigenvalue weighted by molar-refractivity contribution is -0.116. The highest BCUT2D eigenvalue weighted by molar-refractivity contribution is 9.10. The summed E-state index contributed by atoms with van der Waals surface area (Å²) in [7, 11) is 0. The minimum absolute atomic E-state index is 0.0148. The van der Waals surface area contributed by atoms with Crippen LogP contribution in [0, 0.1) is 12.7 Å². The number of aryl methyl sites for hydroxylation is 1. The van der Waals surface area contributed by atoms with Crippen LogP contribution in [0.15, 0.2) is 16.6 Å². The van der Waals surface area contributed by atoms with E-state index in [9.17, 15) is 9.18 Å². The number of rotatable bonds is 4. The van der Waals surface area contributed by atoms with Gasteiger partial charge in [-0.3, -0.25) is 4.79 Å². The maximum atomic E-state index is 13.3. The predicted molar refractivity (Wildman–Crippen MR) is 82.3 cm³/mol. The molecule has 0 aromatic heterocycles. The Labute approximate surface area is 127 Å². The molecule has 5 heteroatoms. The zero-order valence-electron chi connectivity index (χ0n) is 11.6. The number of piperidine rings is 1. The molecule has 0 radical (unpaired) electrons. The average molecular weight is 343 g/mol. The van der Waals surface area contributed by atoms with Gasteiger partial charge in [-0.1, -0.05) is 6.42 Å². The fourth-order valence-electron chi connectivity index (χ4n) is 2.47. The SMILES string of the molecule is Cc1cc(F)c(Br)cc1NC(=O)CCC1CCCCN1. The van der Waals surface area contributed by atoms with Crippen molar-refractivity contribution in [2.24, 2.45) is 0 Å². The second kappa shape index (κ2) is 7.18. The summed E-state index contributed by atoms with van der Waals surface area (Å²) in [5.74, 6) is -0.328. The molecule has 20 heavy (non-hydrogen) atoms. The van der Waals surface area contributed by atoms with Crippen molar-refractivity contribution in [2.45, 2.75) is 45.1 Å². The Morgan fingerprint density at radius 3 is 3.00 bits per heavy atom. The highest BCUT2D eigenvalue weighted by atomic mass is 79.9. The number of benzene rings is 1. The van der Waals surface area contributed by atoms with Crippen LogP contribution >= 0.6 is 15.9 Å². The summed E-state index contributed by atoms with van der Waals surface area (Å²) in [5, 5.41) is 6.28. The minimum Gasteiger partial charge on any atom is -0.326 e. The van der Waals surface area contributed by atoms with E-state index in [0.717, 1.165) is 24.9 Å². The first kappa shape index (κ1) is 15.4. The van der Waals surface area contributed by atoms with E-state index >= 15 is 0 Å². The van der Waals surface area contributed by atoms with Gasteiger partial charge in [0.05, 0.1) is 4.47 Å². The second-order valence-corrected chi connectivity index (χ2v) is 6.17. The van der Waals surface area contributed by atoms with Crippen LogP contribution in [-0.2, 0) is 4.79 Å². The van der Waals surface area contributed by atoms with Crippen molar-refractivity contribution in [3.63, 3.8) is 0 Å². The smallest absolute Gasteiger partial charge is 0.224 e. The van der Waals surface area contributed by atoms with Gasteiger partial charge in [0.25, 0.3) is 0 Å². The molecule has 0 aliphatic carbocycles. The Balaban J connectivity index is 1.86. The second-order valence-electron chi connectivity index (χ2n) is 5.31. The van der Waals surface area contributed by atoms with Gasteiger partial charge in [-0.15, -0.1) is 0 Å². The van der Waals surface area contributed by atoms with Gasteiger partial charge >= 0.3 is 0 Å². The fraction of sp³-hybridized carbons (Fsp3) is 0.533. The van der Waals surface area contributed by atoms with Crippen molar-refractivity contribution in [3.8, 4) is 0 Å². The van der Waals surface area contributed by atoms with Gasteiger partial charge in [-0.2, -0.15) is 0 Å². The zero-order valence-corrected chi connectivity index (χ0v) is 13.2. The molecular weight excluding hydrogens is 323 g/mol. The number of carbonyl (C=O) groups is 1. The van der Waals surface area contributed by atoms with Gasteiger partial charge in [0.2, 0.25) is 5.91 Å². The highest BCUT2D eigenvalue weighted by Crippen LogP contribution is 2.24. The van der Waals surface area contributed by atoms with Gasteiger partial charge in [-0.05, 0) is 66.4 Å². The molecule has 0 spiro atoms. The van der Waals surface area contributed by atoms with E-state index in [-0.39, 0.29) is 11.7 Å². The Kier molecular flexibility index (Phi) is 5.54. The first-order valence-corrected chi connectivity index (χ1v) is 7.84. The fourth-order valence-corrected chi connectivity index (χ4v) is 2.81. The van der Waals surface area contributed by atoms with Crippen LogP contribution in [0.2, 0.25) is 0 Å². The molecule has 1 unspecified atom stereocenters. The number of hydrogen-bond donors (Lipinski definition) is 2. The van der Waals surface area contributed by atoms with Gasteiger partial charge in [0, 0.05) is 18.2 Å². The molecule has 1 amide bonds. The third-order valence-electron chi connectivity index (χ3n) is 3.67. The molecule has 1 saturated heterocycles. The van der Waals surface area contributed by atoms with Crippen LogP contribution < -0.4 is 10.6 Å². The molecule has 1 atom stereocenters. The van der Waals surface area contributed by atoms with Crippen molar-refractivity contribution in [2.75, 3.05) is 11.9 Å². The van der Waals surface area contributed by atoms with Crippen molar-refractivity contribution < 1.29 is 9.18 Å². The van der Waals surface area contributed by atoms with Crippen LogP contribution in [-0.4, -0.2) is 18.5 Å². The normalized spacial score (nSPS) is 18.9. The minimum atomic E-state index is -0.313. The third-order valence-corrected chi connectivity index (χ3v) is 4.28. The topological polar surface area (TPSA) is 41.1 Å². The summed E-state index contributed by atoms with van der Waals surface area (Å²) in [5.41, 5.74) is 1.40. The van der Waals surface area contributed by atoms with E-state index in [0.29, 0.717) is 22.6 Å². The molecule has 2 N–H and O–H groups in total. The maximum Gasteiger partial charge on any atom is 0.224 e. The molecule has 1 heterocycles. The first-order chi connectivity index (χ1) is 9.56. The molecule has 1 aromatic carbocycles. The Morgan fingerprint density at radius 2 is 2.30 bits per heavy atom. The number of nitrogens with one attached hydrogen (secondary N) is 2. The van der Waals surface area contributed by atoms with Crippen molar-refractivity contribution in [3.05, 3.63) is 28.0 Å². The summed E-state index contributed by atoms with van der Waals surface area (Å²) < 4.78 is 13.7. The molecule has 110 valence electrons. The van der Waals surface area contributed by atoms with E-state index in [1.54, 1.807) is 13.0 Å². The molecular formula is C15H20BrFN2O. The summed E-state index contributed by atoms with van der Waals surface area (Å²) in [4.78, 5) is 12.0. The van der Waals surface area contributed by atoms with Gasteiger partial charge < -0.3 is 10.6 Å².